The second-order valence-corrected chi connectivity index (χ2v) is 6.37. The predicted octanol–water partition coefficient (Wildman–Crippen LogP) is 0.635. The smallest absolute Gasteiger partial charge is 0.214 e. The van der Waals surface area contributed by atoms with Crippen LogP contribution in [0, 0.1) is 5.41 Å². The van der Waals surface area contributed by atoms with E-state index in [-0.39, 0.29) is 28.2 Å². The van der Waals surface area contributed by atoms with Crippen LogP contribution in [0.3, 0.4) is 0 Å². The molecular weight excluding hydrogens is 354 g/mol. The number of rotatable bonds is 5. The Kier molecular flexibility index (Phi) is 6.88. The minimum Gasteiger partial charge on any atom is -1.00 e. The summed E-state index contributed by atoms with van der Waals surface area (Å²) in [4.78, 5) is 12.2. The molecule has 4 nitrogen and oxygen atoms in total. The fourth-order valence-electron chi connectivity index (χ4n) is 2.12. The molecule has 0 spiro atoms. The molecule has 0 saturated carbocycles. The Bertz CT molecular complexity index is 669. The van der Waals surface area contributed by atoms with Gasteiger partial charge in [-0.2, -0.15) is 0 Å². The van der Waals surface area contributed by atoms with Gasteiger partial charge in [-0.15, -0.1) is 9.78 Å². The minimum absolute atomic E-state index is 0. The number of Topliss-reactive ketones (excluding diaryl/α,β-unsaturated/α-hetero) is 1. The summed E-state index contributed by atoms with van der Waals surface area (Å²) in [6.07, 6.45) is 6.46. The molecule has 0 N–H and O–H groups in total. The van der Waals surface area contributed by atoms with Crippen LogP contribution >= 0.6 is 0 Å². The van der Waals surface area contributed by atoms with Crippen molar-refractivity contribution in [3.8, 4) is 0 Å². The number of carbonyl (C=O) groups is 1. The monoisotopic (exact) mass is 377 g/mol. The quantitative estimate of drug-likeness (QED) is 0.556. The molecule has 0 bridgehead atoms. The van der Waals surface area contributed by atoms with Gasteiger partial charge >= 0.3 is 0 Å². The third kappa shape index (κ3) is 5.13. The molecule has 0 atom stereocenters. The number of ketones is 1. The van der Waals surface area contributed by atoms with Crippen molar-refractivity contribution in [2.45, 2.75) is 40.7 Å². The molecule has 1 aromatic carbocycles. The SMILES string of the molecule is CC[c+]1n(CC(=O)C(C)(C)C)ccn1N=Cc1ccccc1.[Br-]. The lowest BCUT2D eigenvalue weighted by Gasteiger charge is -2.15. The van der Waals surface area contributed by atoms with Crippen molar-refractivity contribution < 1.29 is 21.8 Å². The van der Waals surface area contributed by atoms with Gasteiger partial charge in [-0.3, -0.25) is 4.79 Å². The van der Waals surface area contributed by atoms with E-state index < -0.39 is 0 Å². The van der Waals surface area contributed by atoms with Gasteiger partial charge in [-0.05, 0) is 12.5 Å². The lowest BCUT2D eigenvalue weighted by Crippen LogP contribution is -3.00. The van der Waals surface area contributed by atoms with Crippen molar-refractivity contribution in [2.75, 3.05) is 0 Å². The molecule has 0 aliphatic rings. The van der Waals surface area contributed by atoms with Crippen LogP contribution in [0.5, 0.6) is 0 Å². The summed E-state index contributed by atoms with van der Waals surface area (Å²) in [5.41, 5.74) is 0.725. The maximum absolute atomic E-state index is 12.2. The zero-order chi connectivity index (χ0) is 16.2. The van der Waals surface area contributed by atoms with E-state index in [1.165, 1.54) is 0 Å². The number of nitrogens with zero attached hydrogens (tertiary/aromatic N) is 3. The first kappa shape index (κ1) is 19.3. The molecule has 0 unspecified atom stereocenters. The van der Waals surface area contributed by atoms with E-state index in [2.05, 4.69) is 12.0 Å². The first-order valence-corrected chi connectivity index (χ1v) is 7.64. The summed E-state index contributed by atoms with van der Waals surface area (Å²) in [5.74, 6) is 1.24. The van der Waals surface area contributed by atoms with Crippen molar-refractivity contribution in [2.24, 2.45) is 10.5 Å². The van der Waals surface area contributed by atoms with E-state index in [4.69, 9.17) is 0 Å². The number of hydrogen-bond acceptors (Lipinski definition) is 2. The van der Waals surface area contributed by atoms with E-state index >= 15 is 0 Å². The van der Waals surface area contributed by atoms with Gasteiger partial charge in [-0.25, -0.2) is 4.57 Å². The Hall–Kier alpha value is -1.75. The highest BCUT2D eigenvalue weighted by molar-refractivity contribution is 5.83. The zero-order valence-corrected chi connectivity index (χ0v) is 15.7. The van der Waals surface area contributed by atoms with Gasteiger partial charge in [0.15, 0.2) is 18.2 Å². The van der Waals surface area contributed by atoms with E-state index in [1.807, 2.05) is 79.0 Å². The average Bonchev–Trinajstić information content (AvgIpc) is 2.87. The third-order valence-electron chi connectivity index (χ3n) is 3.58. The molecule has 0 radical (unpaired) electrons. The van der Waals surface area contributed by atoms with Crippen molar-refractivity contribution in [1.29, 1.82) is 0 Å². The van der Waals surface area contributed by atoms with E-state index in [0.717, 1.165) is 17.8 Å². The normalized spacial score (nSPS) is 11.5. The molecule has 23 heavy (non-hydrogen) atoms. The number of halogens is 1. The van der Waals surface area contributed by atoms with Gasteiger partial charge in [0.05, 0.1) is 12.6 Å². The van der Waals surface area contributed by atoms with Crippen LogP contribution in [0.4, 0.5) is 0 Å². The van der Waals surface area contributed by atoms with E-state index in [1.54, 1.807) is 0 Å². The van der Waals surface area contributed by atoms with Crippen molar-refractivity contribution in [1.82, 2.24) is 9.24 Å². The van der Waals surface area contributed by atoms with E-state index in [0.29, 0.717) is 6.54 Å². The largest absolute Gasteiger partial charge is 1.00 e. The summed E-state index contributed by atoms with van der Waals surface area (Å²) in [7, 11) is 0. The van der Waals surface area contributed by atoms with Crippen molar-refractivity contribution in [3.05, 3.63) is 54.1 Å². The molecule has 0 saturated heterocycles. The summed E-state index contributed by atoms with van der Waals surface area (Å²) < 4.78 is 3.82. The number of benzene rings is 1. The Balaban J connectivity index is 0.00000264. The predicted molar refractivity (Wildman–Crippen MR) is 90.1 cm³/mol. The Morgan fingerprint density at radius 1 is 1.22 bits per heavy atom. The van der Waals surface area contributed by atoms with Gasteiger partial charge in [0.2, 0.25) is 5.82 Å². The summed E-state index contributed by atoms with van der Waals surface area (Å²) >= 11 is 0. The van der Waals surface area contributed by atoms with Crippen molar-refractivity contribution in [3.63, 3.8) is 0 Å². The summed E-state index contributed by atoms with van der Waals surface area (Å²) in [6, 6.07) is 9.97. The highest BCUT2D eigenvalue weighted by Crippen LogP contribution is 2.17. The highest BCUT2D eigenvalue weighted by atomic mass is 79.9. The number of imidazole rings is 1. The number of carbonyl (C=O) groups excluding carboxylic acids is 1. The number of aromatic nitrogens is 2. The fourth-order valence-corrected chi connectivity index (χ4v) is 2.12. The van der Waals surface area contributed by atoms with Crippen LogP contribution in [-0.2, 0) is 17.8 Å². The molecule has 1 aromatic heterocycles. The molecular formula is C18H24BrN3O. The standard InChI is InChI=1S/C18H24N3O.BrH/c1-5-17-20(14-16(22)18(2,3)4)11-12-21(17)19-13-15-9-7-6-8-10-15;/h6-13H,5,14H2,1-4H3;1H/q+1;/p-1. The van der Waals surface area contributed by atoms with Gasteiger partial charge in [0.25, 0.3) is 0 Å². The Labute approximate surface area is 148 Å². The second kappa shape index (κ2) is 8.20. The maximum Gasteiger partial charge on any atom is 0.214 e. The lowest BCUT2D eigenvalue weighted by molar-refractivity contribution is -0.126. The van der Waals surface area contributed by atoms with Gasteiger partial charge in [0, 0.05) is 5.41 Å². The topological polar surface area (TPSA) is 39.3 Å². The van der Waals surface area contributed by atoms with E-state index in [9.17, 15) is 4.79 Å². The van der Waals surface area contributed by atoms with Gasteiger partial charge in [-0.1, -0.05) is 51.1 Å². The first-order valence-electron chi connectivity index (χ1n) is 7.64. The van der Waals surface area contributed by atoms with Crippen LogP contribution in [0.1, 0.15) is 39.1 Å². The molecule has 2 rings (SSSR count). The highest BCUT2D eigenvalue weighted by Gasteiger charge is 2.24. The molecule has 2 aromatic rings. The van der Waals surface area contributed by atoms with Crippen LogP contribution < -0.4 is 17.0 Å². The average molecular weight is 378 g/mol. The Morgan fingerprint density at radius 2 is 1.87 bits per heavy atom. The lowest BCUT2D eigenvalue weighted by atomic mass is 9.91. The molecule has 0 fully saturated rings. The molecule has 5 heteroatoms. The zero-order valence-electron chi connectivity index (χ0n) is 14.2. The van der Waals surface area contributed by atoms with Gasteiger partial charge < -0.3 is 17.0 Å². The number of hydrogen-bond donors (Lipinski definition) is 0. The molecule has 0 aliphatic heterocycles. The van der Waals surface area contributed by atoms with Gasteiger partial charge in [0.1, 0.15) is 6.54 Å². The molecule has 0 aliphatic carbocycles. The maximum atomic E-state index is 12.2. The van der Waals surface area contributed by atoms with Crippen LogP contribution in [-0.4, -0.2) is 21.2 Å². The Morgan fingerprint density at radius 3 is 2.43 bits per heavy atom. The summed E-state index contributed by atoms with van der Waals surface area (Å²) in [6.45, 7) is 8.31. The minimum atomic E-state index is -0.326. The van der Waals surface area contributed by atoms with Crippen molar-refractivity contribution >= 4 is 12.0 Å². The van der Waals surface area contributed by atoms with Crippen LogP contribution in [0.25, 0.3) is 0 Å². The van der Waals surface area contributed by atoms with Crippen LogP contribution in [0.15, 0.2) is 47.8 Å². The molecule has 0 amide bonds. The third-order valence-corrected chi connectivity index (χ3v) is 3.58. The molecule has 1 heterocycles. The first-order chi connectivity index (χ1) is 10.4. The fraction of sp³-hybridized carbons (Fsp3) is 0.389. The van der Waals surface area contributed by atoms with Crippen LogP contribution in [0.2, 0.25) is 0 Å². The summed E-state index contributed by atoms with van der Waals surface area (Å²) in [5, 5.41) is 4.50. The second-order valence-electron chi connectivity index (χ2n) is 6.37. The molecule has 124 valence electrons.